The molecular formula is C19H20ClNO3. The third kappa shape index (κ3) is 3.82. The van der Waals surface area contributed by atoms with E-state index >= 15 is 0 Å². The zero-order valence-electron chi connectivity index (χ0n) is 13.8. The Morgan fingerprint density at radius 2 is 2.12 bits per heavy atom. The zero-order valence-corrected chi connectivity index (χ0v) is 14.5. The van der Waals surface area contributed by atoms with Gasteiger partial charge in [-0.3, -0.25) is 4.79 Å². The monoisotopic (exact) mass is 345 g/mol. The summed E-state index contributed by atoms with van der Waals surface area (Å²) in [6.45, 7) is 4.54. The van der Waals surface area contributed by atoms with Crippen LogP contribution in [0.1, 0.15) is 29.2 Å². The zero-order chi connectivity index (χ0) is 17.1. The number of benzene rings is 2. The van der Waals surface area contributed by atoms with Gasteiger partial charge in [0.2, 0.25) is 0 Å². The highest BCUT2D eigenvalue weighted by molar-refractivity contribution is 6.30. The van der Waals surface area contributed by atoms with E-state index in [9.17, 15) is 4.79 Å². The molecular weight excluding hydrogens is 326 g/mol. The van der Waals surface area contributed by atoms with Gasteiger partial charge < -0.3 is 14.8 Å². The summed E-state index contributed by atoms with van der Waals surface area (Å²) in [5.74, 6) is 1.34. The Hall–Kier alpha value is -2.20. The minimum atomic E-state index is -0.159. The predicted octanol–water partition coefficient (Wildman–Crippen LogP) is 3.98. The van der Waals surface area contributed by atoms with E-state index in [-0.39, 0.29) is 18.6 Å². The Bertz CT molecular complexity index is 760. The Morgan fingerprint density at radius 3 is 2.92 bits per heavy atom. The molecule has 0 aliphatic carbocycles. The maximum absolute atomic E-state index is 12.2. The fourth-order valence-corrected chi connectivity index (χ4v) is 3.04. The summed E-state index contributed by atoms with van der Waals surface area (Å²) in [5, 5.41) is 3.63. The first-order valence-corrected chi connectivity index (χ1v) is 8.32. The maximum Gasteiger partial charge on any atom is 0.258 e. The molecule has 0 radical (unpaired) electrons. The summed E-state index contributed by atoms with van der Waals surface area (Å²) in [5.41, 5.74) is 3.10. The second-order valence-corrected chi connectivity index (χ2v) is 6.43. The molecule has 0 saturated heterocycles. The van der Waals surface area contributed by atoms with Crippen molar-refractivity contribution >= 4 is 17.5 Å². The summed E-state index contributed by atoms with van der Waals surface area (Å²) in [6, 6.07) is 11.2. The van der Waals surface area contributed by atoms with Crippen LogP contribution in [0.2, 0.25) is 5.02 Å². The van der Waals surface area contributed by atoms with Gasteiger partial charge in [-0.25, -0.2) is 0 Å². The first-order chi connectivity index (χ1) is 11.5. The lowest BCUT2D eigenvalue weighted by Crippen LogP contribution is -2.35. The lowest BCUT2D eigenvalue weighted by molar-refractivity contribution is -0.124. The molecule has 2 aromatic rings. The molecule has 0 bridgehead atoms. The van der Waals surface area contributed by atoms with Crippen LogP contribution >= 0.6 is 11.6 Å². The number of carbonyl (C=O) groups excluding carboxylic acids is 1. The molecule has 1 unspecified atom stereocenters. The number of amides is 1. The normalized spacial score (nSPS) is 16.0. The number of halogens is 1. The van der Waals surface area contributed by atoms with E-state index in [4.69, 9.17) is 21.1 Å². The highest BCUT2D eigenvalue weighted by atomic mass is 35.5. The van der Waals surface area contributed by atoms with Gasteiger partial charge in [0, 0.05) is 17.0 Å². The largest absolute Gasteiger partial charge is 0.493 e. The Kier molecular flexibility index (Phi) is 4.95. The van der Waals surface area contributed by atoms with E-state index < -0.39 is 0 Å². The van der Waals surface area contributed by atoms with Crippen LogP contribution in [-0.4, -0.2) is 19.1 Å². The van der Waals surface area contributed by atoms with E-state index in [0.29, 0.717) is 18.1 Å². The molecule has 4 nitrogen and oxygen atoms in total. The molecule has 1 aliphatic heterocycles. The van der Waals surface area contributed by atoms with Crippen molar-refractivity contribution in [1.29, 1.82) is 0 Å². The molecule has 1 N–H and O–H groups in total. The van der Waals surface area contributed by atoms with Crippen LogP contribution in [0.15, 0.2) is 36.4 Å². The minimum absolute atomic E-state index is 0.0167. The van der Waals surface area contributed by atoms with Crippen molar-refractivity contribution in [3.8, 4) is 11.5 Å². The van der Waals surface area contributed by atoms with E-state index in [2.05, 4.69) is 5.32 Å². The van der Waals surface area contributed by atoms with Crippen LogP contribution in [0.4, 0.5) is 0 Å². The molecule has 3 rings (SSSR count). The van der Waals surface area contributed by atoms with Gasteiger partial charge in [-0.1, -0.05) is 29.3 Å². The molecule has 0 saturated carbocycles. The van der Waals surface area contributed by atoms with Gasteiger partial charge in [0.25, 0.3) is 5.91 Å². The molecule has 0 aromatic heterocycles. The smallest absolute Gasteiger partial charge is 0.258 e. The lowest BCUT2D eigenvalue weighted by atomic mass is 10.0. The van der Waals surface area contributed by atoms with Crippen LogP contribution in [-0.2, 0) is 4.79 Å². The van der Waals surface area contributed by atoms with E-state index in [1.165, 1.54) is 5.56 Å². The fraction of sp³-hybridized carbons (Fsp3) is 0.316. The van der Waals surface area contributed by atoms with Crippen LogP contribution in [0.5, 0.6) is 11.5 Å². The van der Waals surface area contributed by atoms with Gasteiger partial charge in [-0.2, -0.15) is 0 Å². The van der Waals surface area contributed by atoms with Crippen molar-refractivity contribution in [2.24, 2.45) is 0 Å². The first-order valence-electron chi connectivity index (χ1n) is 7.94. The van der Waals surface area contributed by atoms with E-state index in [0.717, 1.165) is 22.6 Å². The molecule has 126 valence electrons. The Morgan fingerprint density at radius 1 is 1.29 bits per heavy atom. The van der Waals surface area contributed by atoms with Gasteiger partial charge in [0.15, 0.2) is 6.61 Å². The average molecular weight is 346 g/mol. The molecule has 0 spiro atoms. The summed E-state index contributed by atoms with van der Waals surface area (Å²) >= 11 is 6.06. The minimum Gasteiger partial charge on any atom is -0.493 e. The highest BCUT2D eigenvalue weighted by Crippen LogP contribution is 2.33. The summed E-state index contributed by atoms with van der Waals surface area (Å²) in [7, 11) is 0. The molecule has 1 heterocycles. The van der Waals surface area contributed by atoms with Crippen molar-refractivity contribution in [3.63, 3.8) is 0 Å². The fourth-order valence-electron chi connectivity index (χ4n) is 2.86. The van der Waals surface area contributed by atoms with Gasteiger partial charge in [-0.15, -0.1) is 0 Å². The molecule has 2 aromatic carbocycles. The SMILES string of the molecule is Cc1ccc(OCC(=O)NC2CCOc3ccc(Cl)cc32)c(C)c1. The number of nitrogens with one attached hydrogen (secondary N) is 1. The van der Waals surface area contributed by atoms with E-state index in [1.807, 2.05) is 44.2 Å². The second kappa shape index (κ2) is 7.14. The molecule has 1 aliphatic rings. The van der Waals surface area contributed by atoms with Crippen LogP contribution in [0.3, 0.4) is 0 Å². The number of carbonyl (C=O) groups is 1. The highest BCUT2D eigenvalue weighted by Gasteiger charge is 2.23. The predicted molar refractivity (Wildman–Crippen MR) is 93.9 cm³/mol. The molecule has 0 fully saturated rings. The quantitative estimate of drug-likeness (QED) is 0.911. The number of aryl methyl sites for hydroxylation is 2. The Balaban J connectivity index is 1.63. The molecule has 1 atom stereocenters. The molecule has 24 heavy (non-hydrogen) atoms. The molecule has 1 amide bonds. The summed E-state index contributed by atoms with van der Waals surface area (Å²) in [4.78, 5) is 12.2. The number of ether oxygens (including phenoxy) is 2. The van der Waals surface area contributed by atoms with E-state index in [1.54, 1.807) is 6.07 Å². The van der Waals surface area contributed by atoms with Gasteiger partial charge in [0.05, 0.1) is 12.6 Å². The van der Waals surface area contributed by atoms with Crippen LogP contribution < -0.4 is 14.8 Å². The topological polar surface area (TPSA) is 47.6 Å². The van der Waals surface area contributed by atoms with Crippen LogP contribution in [0.25, 0.3) is 0 Å². The van der Waals surface area contributed by atoms with Gasteiger partial charge >= 0.3 is 0 Å². The number of hydrogen-bond donors (Lipinski definition) is 1. The second-order valence-electron chi connectivity index (χ2n) is 6.00. The molecule has 5 heteroatoms. The van der Waals surface area contributed by atoms with Crippen molar-refractivity contribution in [3.05, 3.63) is 58.1 Å². The Labute approximate surface area is 146 Å². The number of hydrogen-bond acceptors (Lipinski definition) is 3. The number of fused-ring (bicyclic) bond motifs is 1. The summed E-state index contributed by atoms with van der Waals surface area (Å²) in [6.07, 6.45) is 0.711. The average Bonchev–Trinajstić information content (AvgIpc) is 2.54. The standard InChI is InChI=1S/C19H20ClNO3/c1-12-3-5-17(13(2)9-12)24-11-19(22)21-16-7-8-23-18-6-4-14(20)10-15(16)18/h3-6,9-10,16H,7-8,11H2,1-2H3,(H,21,22). The van der Waals surface area contributed by atoms with Crippen molar-refractivity contribution in [2.45, 2.75) is 26.3 Å². The van der Waals surface area contributed by atoms with Crippen molar-refractivity contribution in [1.82, 2.24) is 5.32 Å². The lowest BCUT2D eigenvalue weighted by Gasteiger charge is -2.27. The van der Waals surface area contributed by atoms with Crippen molar-refractivity contribution < 1.29 is 14.3 Å². The third-order valence-electron chi connectivity index (χ3n) is 4.04. The van der Waals surface area contributed by atoms with Crippen molar-refractivity contribution in [2.75, 3.05) is 13.2 Å². The maximum atomic E-state index is 12.2. The van der Waals surface area contributed by atoms with Gasteiger partial charge in [-0.05, 0) is 43.7 Å². The first kappa shape index (κ1) is 16.7. The number of rotatable bonds is 4. The van der Waals surface area contributed by atoms with Crippen LogP contribution in [0, 0.1) is 13.8 Å². The third-order valence-corrected chi connectivity index (χ3v) is 4.27. The summed E-state index contributed by atoms with van der Waals surface area (Å²) < 4.78 is 11.2. The van der Waals surface area contributed by atoms with Gasteiger partial charge in [0.1, 0.15) is 11.5 Å².